The highest BCUT2D eigenvalue weighted by Crippen LogP contribution is 2.19. The molecule has 1 rings (SSSR count). The average molecular weight is 247 g/mol. The van der Waals surface area contributed by atoms with Crippen LogP contribution in [-0.2, 0) is 0 Å². The van der Waals surface area contributed by atoms with E-state index in [-0.39, 0.29) is 0 Å². The summed E-state index contributed by atoms with van der Waals surface area (Å²) >= 11 is 0. The van der Waals surface area contributed by atoms with Crippen LogP contribution in [-0.4, -0.2) is 19.7 Å². The van der Waals surface area contributed by atoms with Gasteiger partial charge in [-0.1, -0.05) is 44.2 Å². The predicted molar refractivity (Wildman–Crippen MR) is 79.0 cm³/mol. The standard InChI is InChI=1S/C16H25NO/c1-4-8-15-9-5-6-10-16(15)18-12-7-11-17-13-14(2)3/h4-6,8-10,14,17H,7,11-13H2,1-3H3. The molecule has 0 fully saturated rings. The fourth-order valence-corrected chi connectivity index (χ4v) is 1.70. The van der Waals surface area contributed by atoms with Crippen molar-refractivity contribution in [3.8, 4) is 5.75 Å². The van der Waals surface area contributed by atoms with E-state index in [9.17, 15) is 0 Å². The van der Waals surface area contributed by atoms with Crippen molar-refractivity contribution in [1.82, 2.24) is 5.32 Å². The molecule has 100 valence electrons. The number of rotatable bonds is 8. The Balaban J connectivity index is 2.27. The lowest BCUT2D eigenvalue weighted by Crippen LogP contribution is -2.22. The summed E-state index contributed by atoms with van der Waals surface area (Å²) in [4.78, 5) is 0. The molecule has 0 aromatic heterocycles. The molecule has 0 aliphatic carbocycles. The van der Waals surface area contributed by atoms with E-state index in [0.717, 1.165) is 37.4 Å². The van der Waals surface area contributed by atoms with Crippen LogP contribution in [0.2, 0.25) is 0 Å². The number of nitrogens with one attached hydrogen (secondary N) is 1. The molecule has 0 aliphatic heterocycles. The first kappa shape index (κ1) is 14.8. The molecule has 0 saturated heterocycles. The van der Waals surface area contributed by atoms with E-state index in [1.807, 2.05) is 31.2 Å². The summed E-state index contributed by atoms with van der Waals surface area (Å²) in [5, 5.41) is 3.42. The van der Waals surface area contributed by atoms with E-state index in [1.54, 1.807) is 0 Å². The molecule has 2 heteroatoms. The van der Waals surface area contributed by atoms with Crippen molar-refractivity contribution in [2.24, 2.45) is 5.92 Å². The molecule has 0 radical (unpaired) electrons. The van der Waals surface area contributed by atoms with Crippen LogP contribution < -0.4 is 10.1 Å². The third kappa shape index (κ3) is 5.87. The SMILES string of the molecule is CC=Cc1ccccc1OCCCNCC(C)C. The largest absolute Gasteiger partial charge is 0.493 e. The number of allylic oxidation sites excluding steroid dienone is 1. The van der Waals surface area contributed by atoms with Gasteiger partial charge in [0.05, 0.1) is 6.61 Å². The van der Waals surface area contributed by atoms with Crippen LogP contribution in [0.15, 0.2) is 30.3 Å². The van der Waals surface area contributed by atoms with Crippen molar-refractivity contribution in [3.63, 3.8) is 0 Å². The van der Waals surface area contributed by atoms with Crippen LogP contribution in [0.4, 0.5) is 0 Å². The zero-order chi connectivity index (χ0) is 13.2. The lowest BCUT2D eigenvalue weighted by atomic mass is 10.2. The number of hydrogen-bond donors (Lipinski definition) is 1. The maximum absolute atomic E-state index is 5.81. The number of hydrogen-bond acceptors (Lipinski definition) is 2. The molecule has 18 heavy (non-hydrogen) atoms. The Bertz CT molecular complexity index is 358. The minimum atomic E-state index is 0.710. The Morgan fingerprint density at radius 3 is 2.78 bits per heavy atom. The normalized spacial score (nSPS) is 11.3. The summed E-state index contributed by atoms with van der Waals surface area (Å²) in [6.45, 7) is 9.32. The van der Waals surface area contributed by atoms with Crippen LogP contribution in [0, 0.1) is 5.92 Å². The molecular weight excluding hydrogens is 222 g/mol. The molecule has 0 amide bonds. The van der Waals surface area contributed by atoms with Crippen molar-refractivity contribution >= 4 is 6.08 Å². The Hall–Kier alpha value is -1.28. The van der Waals surface area contributed by atoms with Crippen molar-refractivity contribution in [2.45, 2.75) is 27.2 Å². The van der Waals surface area contributed by atoms with Gasteiger partial charge in [-0.25, -0.2) is 0 Å². The minimum absolute atomic E-state index is 0.710. The van der Waals surface area contributed by atoms with E-state index >= 15 is 0 Å². The Labute approximate surface area is 111 Å². The van der Waals surface area contributed by atoms with Gasteiger partial charge < -0.3 is 10.1 Å². The van der Waals surface area contributed by atoms with E-state index in [4.69, 9.17) is 4.74 Å². The van der Waals surface area contributed by atoms with E-state index in [0.29, 0.717) is 5.92 Å². The molecule has 0 unspecified atom stereocenters. The van der Waals surface area contributed by atoms with Crippen LogP contribution in [0.3, 0.4) is 0 Å². The second-order valence-corrected chi connectivity index (χ2v) is 4.84. The second-order valence-electron chi connectivity index (χ2n) is 4.84. The van der Waals surface area contributed by atoms with Crippen molar-refractivity contribution in [3.05, 3.63) is 35.9 Å². The van der Waals surface area contributed by atoms with E-state index in [2.05, 4.69) is 31.3 Å². The van der Waals surface area contributed by atoms with Gasteiger partial charge >= 0.3 is 0 Å². The summed E-state index contributed by atoms with van der Waals surface area (Å²) in [5.74, 6) is 1.68. The molecule has 0 aliphatic rings. The van der Waals surface area contributed by atoms with Crippen molar-refractivity contribution in [1.29, 1.82) is 0 Å². The van der Waals surface area contributed by atoms with Gasteiger partial charge in [0.1, 0.15) is 5.75 Å². The molecule has 1 aromatic rings. The maximum atomic E-state index is 5.81. The summed E-state index contributed by atoms with van der Waals surface area (Å²) in [5.41, 5.74) is 1.15. The molecule has 0 atom stereocenters. The summed E-state index contributed by atoms with van der Waals surface area (Å²) in [6.07, 6.45) is 5.15. The third-order valence-electron chi connectivity index (χ3n) is 2.57. The van der Waals surface area contributed by atoms with Crippen LogP contribution in [0.25, 0.3) is 6.08 Å². The molecule has 0 bridgehead atoms. The molecule has 0 spiro atoms. The van der Waals surface area contributed by atoms with Gasteiger partial charge in [0, 0.05) is 5.56 Å². The minimum Gasteiger partial charge on any atom is -0.493 e. The summed E-state index contributed by atoms with van der Waals surface area (Å²) in [6, 6.07) is 8.15. The van der Waals surface area contributed by atoms with Gasteiger partial charge in [0.2, 0.25) is 0 Å². The second kappa shape index (κ2) is 8.76. The molecule has 1 aromatic carbocycles. The zero-order valence-electron chi connectivity index (χ0n) is 11.8. The first-order valence-electron chi connectivity index (χ1n) is 6.79. The Morgan fingerprint density at radius 1 is 1.28 bits per heavy atom. The van der Waals surface area contributed by atoms with Gasteiger partial charge in [-0.05, 0) is 38.4 Å². The molecule has 1 N–H and O–H groups in total. The molecule has 0 saturated carbocycles. The lowest BCUT2D eigenvalue weighted by molar-refractivity contribution is 0.306. The van der Waals surface area contributed by atoms with E-state index in [1.165, 1.54) is 0 Å². The van der Waals surface area contributed by atoms with Crippen LogP contribution in [0.5, 0.6) is 5.75 Å². The lowest BCUT2D eigenvalue weighted by Gasteiger charge is -2.10. The third-order valence-corrected chi connectivity index (χ3v) is 2.57. The Kier molecular flexibility index (Phi) is 7.19. The average Bonchev–Trinajstić information content (AvgIpc) is 2.35. The highest BCUT2D eigenvalue weighted by atomic mass is 16.5. The topological polar surface area (TPSA) is 21.3 Å². The van der Waals surface area contributed by atoms with Crippen LogP contribution in [0.1, 0.15) is 32.8 Å². The van der Waals surface area contributed by atoms with Gasteiger partial charge in [-0.3, -0.25) is 0 Å². The van der Waals surface area contributed by atoms with Crippen molar-refractivity contribution in [2.75, 3.05) is 19.7 Å². The molecule has 2 nitrogen and oxygen atoms in total. The maximum Gasteiger partial charge on any atom is 0.126 e. The highest BCUT2D eigenvalue weighted by molar-refractivity contribution is 5.56. The van der Waals surface area contributed by atoms with E-state index < -0.39 is 0 Å². The summed E-state index contributed by atoms with van der Waals surface area (Å²) in [7, 11) is 0. The van der Waals surface area contributed by atoms with Gasteiger partial charge in [-0.2, -0.15) is 0 Å². The predicted octanol–water partition coefficient (Wildman–Crippen LogP) is 3.73. The summed E-state index contributed by atoms with van der Waals surface area (Å²) < 4.78 is 5.81. The number of benzene rings is 1. The Morgan fingerprint density at radius 2 is 2.06 bits per heavy atom. The molecular formula is C16H25NO. The van der Waals surface area contributed by atoms with Gasteiger partial charge in [0.25, 0.3) is 0 Å². The number of ether oxygens (including phenoxy) is 1. The monoisotopic (exact) mass is 247 g/mol. The van der Waals surface area contributed by atoms with Crippen molar-refractivity contribution < 1.29 is 4.74 Å². The zero-order valence-corrected chi connectivity index (χ0v) is 11.8. The van der Waals surface area contributed by atoms with Crippen LogP contribution >= 0.6 is 0 Å². The fraction of sp³-hybridized carbons (Fsp3) is 0.500. The fourth-order valence-electron chi connectivity index (χ4n) is 1.70. The number of para-hydroxylation sites is 1. The first-order valence-corrected chi connectivity index (χ1v) is 6.79. The van der Waals surface area contributed by atoms with Gasteiger partial charge in [-0.15, -0.1) is 0 Å². The van der Waals surface area contributed by atoms with Gasteiger partial charge in [0.15, 0.2) is 0 Å². The smallest absolute Gasteiger partial charge is 0.126 e. The highest BCUT2D eigenvalue weighted by Gasteiger charge is 1.99. The molecule has 0 heterocycles. The first-order chi connectivity index (χ1) is 8.74. The quantitative estimate of drug-likeness (QED) is 0.707.